The van der Waals surface area contributed by atoms with Gasteiger partial charge in [0.25, 0.3) is 5.91 Å². The van der Waals surface area contributed by atoms with Crippen LogP contribution < -0.4 is 10.2 Å². The van der Waals surface area contributed by atoms with E-state index in [0.717, 1.165) is 5.56 Å². The first-order chi connectivity index (χ1) is 16.7. The lowest BCUT2D eigenvalue weighted by atomic mass is 10.0. The number of rotatable bonds is 7. The average Bonchev–Trinajstić information content (AvgIpc) is 3.42. The Kier molecular flexibility index (Phi) is 6.86. The van der Waals surface area contributed by atoms with Crippen LogP contribution in [-0.4, -0.2) is 53.6 Å². The fourth-order valence-corrected chi connectivity index (χ4v) is 4.02. The molecule has 1 atom stereocenters. The molecule has 1 aliphatic heterocycles. The van der Waals surface area contributed by atoms with E-state index in [0.29, 0.717) is 29.1 Å². The average molecular weight is 479 g/mol. The highest BCUT2D eigenvalue weighted by atomic mass is 19.1. The molecule has 1 N–H and O–H groups in total. The van der Waals surface area contributed by atoms with Gasteiger partial charge in [-0.05, 0) is 41.5 Å². The van der Waals surface area contributed by atoms with Crippen molar-refractivity contribution in [3.05, 3.63) is 77.9 Å². The standard InChI is InChI=1S/C26H27FN4O4/c1-17(32)28-14-21-16-31(26(34)35-21)20-10-11-22(23(27)13-20)19-8-6-18(7-9-19)15-30(3)25(33)24-5-4-12-29(24)2/h4-13,21H,14-16H2,1-3H3,(H,28,32). The van der Waals surface area contributed by atoms with Crippen LogP contribution in [0.1, 0.15) is 23.0 Å². The van der Waals surface area contributed by atoms with Crippen molar-refractivity contribution in [3.8, 4) is 11.1 Å². The number of aryl methyl sites for hydroxylation is 1. The molecular formula is C26H27FN4O4. The number of benzene rings is 2. The van der Waals surface area contributed by atoms with E-state index >= 15 is 0 Å². The van der Waals surface area contributed by atoms with Crippen LogP contribution in [0.15, 0.2) is 60.8 Å². The van der Waals surface area contributed by atoms with Crippen molar-refractivity contribution in [3.63, 3.8) is 0 Å². The number of aromatic nitrogens is 1. The molecule has 1 aliphatic rings. The lowest BCUT2D eigenvalue weighted by Crippen LogP contribution is -2.33. The van der Waals surface area contributed by atoms with Gasteiger partial charge in [-0.1, -0.05) is 24.3 Å². The monoisotopic (exact) mass is 478 g/mol. The summed E-state index contributed by atoms with van der Waals surface area (Å²) in [7, 11) is 3.57. The summed E-state index contributed by atoms with van der Waals surface area (Å²) in [6, 6.07) is 15.5. The van der Waals surface area contributed by atoms with Crippen LogP contribution in [-0.2, 0) is 23.1 Å². The quantitative estimate of drug-likeness (QED) is 0.563. The molecule has 2 heterocycles. The third-order valence-electron chi connectivity index (χ3n) is 5.91. The molecule has 182 valence electrons. The van der Waals surface area contributed by atoms with E-state index in [4.69, 9.17) is 4.74 Å². The Morgan fingerprint density at radius 3 is 2.54 bits per heavy atom. The molecule has 2 aromatic carbocycles. The fourth-order valence-electron chi connectivity index (χ4n) is 4.02. The first-order valence-corrected chi connectivity index (χ1v) is 11.2. The van der Waals surface area contributed by atoms with Gasteiger partial charge in [0.1, 0.15) is 17.6 Å². The number of hydrogen-bond donors (Lipinski definition) is 1. The van der Waals surface area contributed by atoms with E-state index in [1.807, 2.05) is 43.6 Å². The van der Waals surface area contributed by atoms with Gasteiger partial charge in [0.15, 0.2) is 0 Å². The van der Waals surface area contributed by atoms with Gasteiger partial charge in [0.2, 0.25) is 5.91 Å². The fraction of sp³-hybridized carbons (Fsp3) is 0.269. The zero-order valence-electron chi connectivity index (χ0n) is 19.8. The number of amides is 3. The van der Waals surface area contributed by atoms with Gasteiger partial charge in [0, 0.05) is 39.3 Å². The van der Waals surface area contributed by atoms with Crippen LogP contribution in [0.2, 0.25) is 0 Å². The second-order valence-corrected chi connectivity index (χ2v) is 8.58. The Morgan fingerprint density at radius 2 is 1.91 bits per heavy atom. The second-order valence-electron chi connectivity index (χ2n) is 8.58. The number of ether oxygens (including phenoxy) is 1. The Balaban J connectivity index is 1.42. The minimum Gasteiger partial charge on any atom is -0.442 e. The molecule has 0 bridgehead atoms. The number of nitrogens with one attached hydrogen (secondary N) is 1. The predicted octanol–water partition coefficient (Wildman–Crippen LogP) is 3.56. The van der Waals surface area contributed by atoms with Crippen molar-refractivity contribution in [2.45, 2.75) is 19.6 Å². The summed E-state index contributed by atoms with van der Waals surface area (Å²) in [4.78, 5) is 38.9. The zero-order valence-corrected chi connectivity index (χ0v) is 19.8. The van der Waals surface area contributed by atoms with E-state index in [1.54, 1.807) is 34.7 Å². The van der Waals surface area contributed by atoms with Crippen molar-refractivity contribution >= 4 is 23.6 Å². The van der Waals surface area contributed by atoms with Crippen molar-refractivity contribution in [2.75, 3.05) is 25.0 Å². The molecule has 1 aromatic heterocycles. The van der Waals surface area contributed by atoms with Crippen LogP contribution in [0.5, 0.6) is 0 Å². The lowest BCUT2D eigenvalue weighted by molar-refractivity contribution is -0.119. The van der Waals surface area contributed by atoms with Crippen molar-refractivity contribution in [2.24, 2.45) is 7.05 Å². The minimum absolute atomic E-state index is 0.0806. The first kappa shape index (κ1) is 24.0. The normalized spacial score (nSPS) is 15.1. The van der Waals surface area contributed by atoms with Crippen molar-refractivity contribution in [1.29, 1.82) is 0 Å². The van der Waals surface area contributed by atoms with E-state index < -0.39 is 18.0 Å². The molecule has 3 aromatic rings. The summed E-state index contributed by atoms with van der Waals surface area (Å²) in [6.45, 7) is 2.23. The predicted molar refractivity (Wildman–Crippen MR) is 129 cm³/mol. The van der Waals surface area contributed by atoms with Gasteiger partial charge in [-0.25, -0.2) is 9.18 Å². The Labute approximate surface area is 202 Å². The van der Waals surface area contributed by atoms with Gasteiger partial charge >= 0.3 is 6.09 Å². The molecule has 1 fully saturated rings. The lowest BCUT2D eigenvalue weighted by Gasteiger charge is -2.18. The van der Waals surface area contributed by atoms with Crippen molar-refractivity contribution < 1.29 is 23.5 Å². The summed E-state index contributed by atoms with van der Waals surface area (Å²) in [5, 5.41) is 2.61. The highest BCUT2D eigenvalue weighted by molar-refractivity contribution is 5.92. The summed E-state index contributed by atoms with van der Waals surface area (Å²) in [5.74, 6) is -0.761. The summed E-state index contributed by atoms with van der Waals surface area (Å²) >= 11 is 0. The van der Waals surface area contributed by atoms with Crippen LogP contribution in [0.4, 0.5) is 14.9 Å². The maximum absolute atomic E-state index is 15.0. The Bertz CT molecular complexity index is 1250. The number of carbonyl (C=O) groups excluding carboxylic acids is 3. The Morgan fingerprint density at radius 1 is 1.17 bits per heavy atom. The van der Waals surface area contributed by atoms with Gasteiger partial charge in [-0.2, -0.15) is 0 Å². The molecular weight excluding hydrogens is 451 g/mol. The van der Waals surface area contributed by atoms with Crippen LogP contribution in [0, 0.1) is 5.82 Å². The molecule has 9 heteroatoms. The molecule has 0 radical (unpaired) electrons. The van der Waals surface area contributed by atoms with Crippen LogP contribution in [0.3, 0.4) is 0 Å². The molecule has 0 spiro atoms. The number of carbonyl (C=O) groups is 3. The number of cyclic esters (lactones) is 1. The van der Waals surface area contributed by atoms with Crippen LogP contribution in [0.25, 0.3) is 11.1 Å². The molecule has 8 nitrogen and oxygen atoms in total. The molecule has 1 unspecified atom stereocenters. The number of anilines is 1. The zero-order chi connectivity index (χ0) is 25.1. The molecule has 0 aliphatic carbocycles. The first-order valence-electron chi connectivity index (χ1n) is 11.2. The smallest absolute Gasteiger partial charge is 0.414 e. The third-order valence-corrected chi connectivity index (χ3v) is 5.91. The van der Waals surface area contributed by atoms with Gasteiger partial charge in [0.05, 0.1) is 18.8 Å². The number of hydrogen-bond acceptors (Lipinski definition) is 4. The maximum atomic E-state index is 15.0. The summed E-state index contributed by atoms with van der Waals surface area (Å²) in [6.07, 6.45) is 0.756. The van der Waals surface area contributed by atoms with Gasteiger partial charge < -0.3 is 19.5 Å². The summed E-state index contributed by atoms with van der Waals surface area (Å²) in [5.41, 5.74) is 2.99. The van der Waals surface area contributed by atoms with E-state index in [9.17, 15) is 18.8 Å². The number of halogens is 1. The molecule has 4 rings (SSSR count). The molecule has 35 heavy (non-hydrogen) atoms. The number of nitrogens with zero attached hydrogens (tertiary/aromatic N) is 3. The van der Waals surface area contributed by atoms with Gasteiger partial charge in [-0.3, -0.25) is 14.5 Å². The molecule has 1 saturated heterocycles. The third kappa shape index (κ3) is 5.34. The second kappa shape index (κ2) is 10.0. The SMILES string of the molecule is CC(=O)NCC1CN(c2ccc(-c3ccc(CN(C)C(=O)c4cccn4C)cc3)c(F)c2)C(=O)O1. The molecule has 0 saturated carbocycles. The largest absolute Gasteiger partial charge is 0.442 e. The van der Waals surface area contributed by atoms with Gasteiger partial charge in [-0.15, -0.1) is 0 Å². The van der Waals surface area contributed by atoms with Crippen LogP contribution >= 0.6 is 0 Å². The van der Waals surface area contributed by atoms with Crippen molar-refractivity contribution in [1.82, 2.24) is 14.8 Å². The highest BCUT2D eigenvalue weighted by Crippen LogP contribution is 2.29. The Hall–Kier alpha value is -4.14. The maximum Gasteiger partial charge on any atom is 0.414 e. The minimum atomic E-state index is -0.578. The summed E-state index contributed by atoms with van der Waals surface area (Å²) < 4.78 is 22.0. The van der Waals surface area contributed by atoms with E-state index in [1.165, 1.54) is 17.9 Å². The topological polar surface area (TPSA) is 83.9 Å². The van der Waals surface area contributed by atoms with E-state index in [2.05, 4.69) is 5.32 Å². The van der Waals surface area contributed by atoms with E-state index in [-0.39, 0.29) is 24.9 Å². The molecule has 3 amide bonds. The highest BCUT2D eigenvalue weighted by Gasteiger charge is 2.32.